The zero-order valence-corrected chi connectivity index (χ0v) is 16.6. The van der Waals surface area contributed by atoms with Gasteiger partial charge in [-0.1, -0.05) is 30.3 Å². The molecule has 3 aromatic heterocycles. The van der Waals surface area contributed by atoms with Crippen molar-refractivity contribution in [2.75, 3.05) is 24.5 Å². The molecule has 1 saturated heterocycles. The Morgan fingerprint density at radius 2 is 1.83 bits per heavy atom. The summed E-state index contributed by atoms with van der Waals surface area (Å²) in [6.07, 6.45) is 3.54. The van der Waals surface area contributed by atoms with Crippen LogP contribution in [0.1, 0.15) is 17.3 Å². The van der Waals surface area contributed by atoms with Crippen molar-refractivity contribution < 1.29 is 0 Å². The number of nitrogens with one attached hydrogen (secondary N) is 1. The van der Waals surface area contributed by atoms with Crippen molar-refractivity contribution in [2.24, 2.45) is 7.05 Å². The summed E-state index contributed by atoms with van der Waals surface area (Å²) in [7, 11) is 1.94. The fourth-order valence-corrected chi connectivity index (χ4v) is 4.03. The monoisotopic (exact) mass is 385 g/mol. The number of piperazine rings is 1. The number of anilines is 1. The number of aromatic nitrogens is 5. The van der Waals surface area contributed by atoms with Crippen LogP contribution in [0.2, 0.25) is 0 Å². The van der Waals surface area contributed by atoms with Crippen molar-refractivity contribution in [3.63, 3.8) is 0 Å². The van der Waals surface area contributed by atoms with Gasteiger partial charge < -0.3 is 10.2 Å². The van der Waals surface area contributed by atoms with E-state index in [1.165, 1.54) is 5.56 Å². The maximum atomic E-state index is 5.00. The Balaban J connectivity index is 1.61. The second kappa shape index (κ2) is 7.25. The van der Waals surface area contributed by atoms with Gasteiger partial charge in [-0.3, -0.25) is 9.67 Å². The summed E-state index contributed by atoms with van der Waals surface area (Å²) in [4.78, 5) is 16.3. The van der Waals surface area contributed by atoms with E-state index in [1.54, 1.807) is 12.4 Å². The first-order valence-electron chi connectivity index (χ1n) is 9.86. The van der Waals surface area contributed by atoms with Gasteiger partial charge >= 0.3 is 0 Å². The number of hydrogen-bond acceptors (Lipinski definition) is 6. The predicted octanol–water partition coefficient (Wildman–Crippen LogP) is 2.88. The highest BCUT2D eigenvalue weighted by Crippen LogP contribution is 2.31. The molecule has 1 N–H and O–H groups in total. The first-order chi connectivity index (χ1) is 14.2. The lowest BCUT2D eigenvalue weighted by molar-refractivity contribution is 0.470. The van der Waals surface area contributed by atoms with Crippen molar-refractivity contribution >= 4 is 16.9 Å². The van der Waals surface area contributed by atoms with E-state index < -0.39 is 0 Å². The second-order valence-electron chi connectivity index (χ2n) is 7.38. The van der Waals surface area contributed by atoms with E-state index in [-0.39, 0.29) is 6.04 Å². The highest BCUT2D eigenvalue weighted by molar-refractivity contribution is 5.91. The van der Waals surface area contributed by atoms with Gasteiger partial charge in [0, 0.05) is 50.7 Å². The van der Waals surface area contributed by atoms with Crippen molar-refractivity contribution in [1.29, 1.82) is 0 Å². The maximum Gasteiger partial charge on any atom is 0.164 e. The number of fused-ring (bicyclic) bond motifs is 1. The Kier molecular flexibility index (Phi) is 4.44. The van der Waals surface area contributed by atoms with Crippen LogP contribution in [0.15, 0.2) is 54.9 Å². The van der Waals surface area contributed by atoms with Crippen molar-refractivity contribution in [3.05, 3.63) is 66.1 Å². The summed E-state index contributed by atoms with van der Waals surface area (Å²) in [5.41, 5.74) is 4.05. The minimum Gasteiger partial charge on any atom is -0.353 e. The lowest BCUT2D eigenvalue weighted by Crippen LogP contribution is -2.46. The highest BCUT2D eigenvalue weighted by Gasteiger charge is 2.26. The quantitative estimate of drug-likeness (QED) is 0.585. The van der Waals surface area contributed by atoms with Crippen molar-refractivity contribution in [3.8, 4) is 11.4 Å². The number of rotatable bonds is 3. The molecule has 1 atom stereocenters. The summed E-state index contributed by atoms with van der Waals surface area (Å²) in [5.74, 6) is 1.66. The van der Waals surface area contributed by atoms with E-state index in [1.807, 2.05) is 30.8 Å². The van der Waals surface area contributed by atoms with E-state index in [0.29, 0.717) is 5.82 Å². The Bertz CT molecular complexity index is 1140. The summed E-state index contributed by atoms with van der Waals surface area (Å²) >= 11 is 0. The van der Waals surface area contributed by atoms with Gasteiger partial charge in [0.2, 0.25) is 0 Å². The molecule has 1 aliphatic rings. The lowest BCUT2D eigenvalue weighted by atomic mass is 10.0. The molecule has 1 aliphatic heterocycles. The summed E-state index contributed by atoms with van der Waals surface area (Å²) < 4.78 is 1.84. The molecule has 0 amide bonds. The number of nitrogens with zero attached hydrogens (tertiary/aromatic N) is 6. The van der Waals surface area contributed by atoms with Gasteiger partial charge in [-0.05, 0) is 24.6 Å². The van der Waals surface area contributed by atoms with Crippen LogP contribution >= 0.6 is 0 Å². The number of pyridine rings is 1. The van der Waals surface area contributed by atoms with E-state index in [9.17, 15) is 0 Å². The summed E-state index contributed by atoms with van der Waals surface area (Å²) in [6, 6.07) is 14.7. The van der Waals surface area contributed by atoms with Crippen LogP contribution in [0.25, 0.3) is 22.4 Å². The molecule has 0 saturated carbocycles. The van der Waals surface area contributed by atoms with Gasteiger partial charge in [0.05, 0.1) is 11.1 Å². The lowest BCUT2D eigenvalue weighted by Gasteiger charge is -2.35. The third kappa shape index (κ3) is 3.23. The second-order valence-corrected chi connectivity index (χ2v) is 7.38. The van der Waals surface area contributed by atoms with Gasteiger partial charge in [0.1, 0.15) is 5.82 Å². The third-order valence-corrected chi connectivity index (χ3v) is 5.45. The van der Waals surface area contributed by atoms with Crippen molar-refractivity contribution in [2.45, 2.75) is 13.0 Å². The predicted molar refractivity (Wildman–Crippen MR) is 114 cm³/mol. The first-order valence-corrected chi connectivity index (χ1v) is 9.86. The Morgan fingerprint density at radius 3 is 2.62 bits per heavy atom. The molecule has 1 fully saturated rings. The van der Waals surface area contributed by atoms with E-state index in [4.69, 9.17) is 9.97 Å². The zero-order valence-electron chi connectivity index (χ0n) is 16.6. The molecular formula is C22H23N7. The fraction of sp³-hybridized carbons (Fsp3) is 0.273. The van der Waals surface area contributed by atoms with Crippen LogP contribution in [0.3, 0.4) is 0 Å². The smallest absolute Gasteiger partial charge is 0.164 e. The number of hydrogen-bond donors (Lipinski definition) is 1. The summed E-state index contributed by atoms with van der Waals surface area (Å²) in [5, 5.41) is 9.28. The summed E-state index contributed by atoms with van der Waals surface area (Å²) in [6.45, 7) is 4.66. The minimum atomic E-state index is 0.260. The molecule has 1 aromatic carbocycles. The fourth-order valence-electron chi connectivity index (χ4n) is 4.03. The molecule has 146 valence electrons. The SMILES string of the molecule is Cc1nn(C)c2nc(-c3ccncc3)nc(N3CCN[C@H](c4ccccc4)C3)c12. The van der Waals surface area contributed by atoms with Gasteiger partial charge in [-0.2, -0.15) is 5.10 Å². The molecule has 29 heavy (non-hydrogen) atoms. The van der Waals surface area contributed by atoms with Crippen LogP contribution in [-0.2, 0) is 7.05 Å². The van der Waals surface area contributed by atoms with E-state index >= 15 is 0 Å². The first kappa shape index (κ1) is 17.8. The van der Waals surface area contributed by atoms with Crippen LogP contribution in [-0.4, -0.2) is 44.4 Å². The van der Waals surface area contributed by atoms with E-state index in [0.717, 1.165) is 47.7 Å². The molecule has 4 heterocycles. The Morgan fingerprint density at radius 1 is 1.03 bits per heavy atom. The molecule has 5 rings (SSSR count). The van der Waals surface area contributed by atoms with Gasteiger partial charge in [-0.15, -0.1) is 0 Å². The molecule has 0 bridgehead atoms. The standard InChI is InChI=1S/C22H23N7/c1-15-19-21(28(2)27-15)25-20(17-8-10-23-11-9-17)26-22(19)29-13-12-24-18(14-29)16-6-4-3-5-7-16/h3-11,18,24H,12-14H2,1-2H3/t18-/m0/s1. The number of aryl methyl sites for hydroxylation is 2. The highest BCUT2D eigenvalue weighted by atomic mass is 15.3. The average Bonchev–Trinajstić information content (AvgIpc) is 3.08. The molecular weight excluding hydrogens is 362 g/mol. The third-order valence-electron chi connectivity index (χ3n) is 5.45. The normalized spacial score (nSPS) is 17.0. The maximum absolute atomic E-state index is 5.00. The zero-order chi connectivity index (χ0) is 19.8. The Hall–Kier alpha value is -3.32. The Labute approximate surface area is 169 Å². The molecule has 0 unspecified atom stereocenters. The van der Waals surface area contributed by atoms with Gasteiger partial charge in [-0.25, -0.2) is 9.97 Å². The molecule has 0 aliphatic carbocycles. The molecule has 0 radical (unpaired) electrons. The van der Waals surface area contributed by atoms with Gasteiger partial charge in [0.25, 0.3) is 0 Å². The molecule has 7 nitrogen and oxygen atoms in total. The topological polar surface area (TPSA) is 71.8 Å². The largest absolute Gasteiger partial charge is 0.353 e. The van der Waals surface area contributed by atoms with Crippen LogP contribution in [0.5, 0.6) is 0 Å². The molecule has 0 spiro atoms. The van der Waals surface area contributed by atoms with E-state index in [2.05, 4.69) is 50.6 Å². The van der Waals surface area contributed by atoms with Crippen LogP contribution in [0, 0.1) is 6.92 Å². The number of benzene rings is 1. The molecule has 7 heteroatoms. The van der Waals surface area contributed by atoms with Gasteiger partial charge in [0.15, 0.2) is 11.5 Å². The molecule has 4 aromatic rings. The van der Waals surface area contributed by atoms with Crippen molar-refractivity contribution in [1.82, 2.24) is 30.0 Å². The van der Waals surface area contributed by atoms with Crippen LogP contribution < -0.4 is 10.2 Å². The average molecular weight is 385 g/mol. The van der Waals surface area contributed by atoms with Crippen LogP contribution in [0.4, 0.5) is 5.82 Å². The minimum absolute atomic E-state index is 0.260.